The van der Waals surface area contributed by atoms with E-state index in [0.717, 1.165) is 5.56 Å². The number of carbonyl (C=O) groups is 3. The molecule has 3 N–H and O–H groups in total. The molecule has 130 valence electrons. The number of amides is 2. The smallest absolute Gasteiger partial charge is 0.307 e. The van der Waals surface area contributed by atoms with Crippen molar-refractivity contribution in [1.82, 2.24) is 10.2 Å². The van der Waals surface area contributed by atoms with Crippen molar-refractivity contribution in [1.29, 1.82) is 0 Å². The van der Waals surface area contributed by atoms with Crippen LogP contribution in [0.5, 0.6) is 0 Å². The number of carboxylic acid groups (broad SMARTS) is 1. The maximum atomic E-state index is 11.9. The molecule has 2 amide bonds. The molecule has 0 aliphatic carbocycles. The molecule has 1 unspecified atom stereocenters. The van der Waals surface area contributed by atoms with E-state index < -0.39 is 11.9 Å². The van der Waals surface area contributed by atoms with Gasteiger partial charge in [-0.05, 0) is 37.6 Å². The Morgan fingerprint density at radius 3 is 2.75 bits per heavy atom. The molecule has 0 bridgehead atoms. The maximum absolute atomic E-state index is 11.9. The summed E-state index contributed by atoms with van der Waals surface area (Å²) < 4.78 is 0. The van der Waals surface area contributed by atoms with Crippen LogP contribution in [-0.2, 0) is 14.4 Å². The number of rotatable bonds is 6. The predicted molar refractivity (Wildman–Crippen MR) is 90.0 cm³/mol. The zero-order valence-corrected chi connectivity index (χ0v) is 14.1. The van der Waals surface area contributed by atoms with E-state index in [1.165, 1.54) is 0 Å². The first kappa shape index (κ1) is 18.2. The first-order chi connectivity index (χ1) is 11.4. The average molecular weight is 354 g/mol. The summed E-state index contributed by atoms with van der Waals surface area (Å²) in [5.74, 6) is -1.92. The number of hydrogen-bond donors (Lipinski definition) is 3. The van der Waals surface area contributed by atoms with Crippen molar-refractivity contribution in [3.05, 3.63) is 28.8 Å². The first-order valence-electron chi connectivity index (χ1n) is 7.63. The van der Waals surface area contributed by atoms with Gasteiger partial charge in [-0.3, -0.25) is 19.3 Å². The molecule has 0 radical (unpaired) electrons. The van der Waals surface area contributed by atoms with Crippen molar-refractivity contribution in [2.45, 2.75) is 13.3 Å². The van der Waals surface area contributed by atoms with Gasteiger partial charge in [-0.25, -0.2) is 0 Å². The van der Waals surface area contributed by atoms with E-state index in [1.54, 1.807) is 30.0 Å². The molecule has 1 aliphatic heterocycles. The van der Waals surface area contributed by atoms with E-state index in [1.807, 2.05) is 0 Å². The van der Waals surface area contributed by atoms with Crippen LogP contribution in [0.15, 0.2) is 18.2 Å². The van der Waals surface area contributed by atoms with Crippen LogP contribution in [0.3, 0.4) is 0 Å². The first-order valence-corrected chi connectivity index (χ1v) is 8.01. The van der Waals surface area contributed by atoms with Crippen LogP contribution in [0.1, 0.15) is 12.0 Å². The molecule has 7 nitrogen and oxygen atoms in total. The van der Waals surface area contributed by atoms with E-state index in [-0.39, 0.29) is 24.9 Å². The Morgan fingerprint density at radius 1 is 1.33 bits per heavy atom. The number of carbonyl (C=O) groups excluding carboxylic acids is 2. The summed E-state index contributed by atoms with van der Waals surface area (Å²) in [6.45, 7) is 2.66. The molecule has 0 aromatic heterocycles. The van der Waals surface area contributed by atoms with Crippen LogP contribution in [0.25, 0.3) is 0 Å². The minimum absolute atomic E-state index is 0.0905. The summed E-state index contributed by atoms with van der Waals surface area (Å²) >= 11 is 5.99. The lowest BCUT2D eigenvalue weighted by molar-refractivity contribution is -0.141. The molecule has 1 aromatic rings. The Kier molecular flexibility index (Phi) is 6.16. The lowest BCUT2D eigenvalue weighted by Gasteiger charge is -2.15. The molecule has 1 saturated heterocycles. The number of carboxylic acids is 1. The predicted octanol–water partition coefficient (Wildman–Crippen LogP) is 1.11. The van der Waals surface area contributed by atoms with E-state index >= 15 is 0 Å². The molecule has 2 rings (SSSR count). The third kappa shape index (κ3) is 4.94. The normalized spacial score (nSPS) is 17.5. The molecule has 8 heteroatoms. The molecule has 1 aliphatic rings. The Hall–Kier alpha value is -2.12. The van der Waals surface area contributed by atoms with Gasteiger partial charge in [0.15, 0.2) is 0 Å². The molecule has 1 atom stereocenters. The summed E-state index contributed by atoms with van der Waals surface area (Å²) in [5.41, 5.74) is 1.36. The molecule has 0 spiro atoms. The minimum atomic E-state index is -0.839. The topological polar surface area (TPSA) is 98.7 Å². The van der Waals surface area contributed by atoms with Gasteiger partial charge < -0.3 is 15.7 Å². The van der Waals surface area contributed by atoms with Crippen molar-refractivity contribution in [3.63, 3.8) is 0 Å². The molecule has 1 heterocycles. The van der Waals surface area contributed by atoms with Gasteiger partial charge in [-0.2, -0.15) is 0 Å². The summed E-state index contributed by atoms with van der Waals surface area (Å²) in [7, 11) is 0. The van der Waals surface area contributed by atoms with Crippen molar-refractivity contribution < 1.29 is 19.5 Å². The van der Waals surface area contributed by atoms with Crippen molar-refractivity contribution in [2.75, 3.05) is 31.5 Å². The molecule has 24 heavy (non-hydrogen) atoms. The highest BCUT2D eigenvalue weighted by atomic mass is 35.5. The lowest BCUT2D eigenvalue weighted by atomic mass is 10.1. The standard InChI is InChI=1S/C16H20ClN3O4/c1-10-12(17)3-2-4-13(10)19-14(21)7-18-15(22)9-20-6-5-11(8-20)16(23)24/h2-4,11H,5-9H2,1H3,(H,18,22)(H,19,21)(H,23,24). The van der Waals surface area contributed by atoms with Crippen LogP contribution in [-0.4, -0.2) is 54.0 Å². The number of likely N-dealkylation sites (tertiary alicyclic amines) is 1. The second kappa shape index (κ2) is 8.12. The van der Waals surface area contributed by atoms with Gasteiger partial charge in [0, 0.05) is 17.3 Å². The van der Waals surface area contributed by atoms with E-state index in [4.69, 9.17) is 16.7 Å². The fraction of sp³-hybridized carbons (Fsp3) is 0.438. The Morgan fingerprint density at radius 2 is 2.08 bits per heavy atom. The third-order valence-corrected chi connectivity index (χ3v) is 4.39. The Balaban J connectivity index is 1.75. The van der Waals surface area contributed by atoms with Gasteiger partial charge in [0.1, 0.15) is 0 Å². The monoisotopic (exact) mass is 353 g/mol. The number of nitrogens with one attached hydrogen (secondary N) is 2. The second-order valence-electron chi connectivity index (χ2n) is 5.80. The quantitative estimate of drug-likeness (QED) is 0.711. The van der Waals surface area contributed by atoms with Crippen LogP contribution < -0.4 is 10.6 Å². The number of benzene rings is 1. The largest absolute Gasteiger partial charge is 0.481 e. The Labute approximate surface area is 145 Å². The van der Waals surface area contributed by atoms with E-state index in [2.05, 4.69) is 10.6 Å². The number of anilines is 1. The molecule has 0 saturated carbocycles. The highest BCUT2D eigenvalue weighted by Gasteiger charge is 2.28. The lowest BCUT2D eigenvalue weighted by Crippen LogP contribution is -2.40. The molecule has 1 fully saturated rings. The third-order valence-electron chi connectivity index (χ3n) is 3.98. The fourth-order valence-corrected chi connectivity index (χ4v) is 2.73. The summed E-state index contributed by atoms with van der Waals surface area (Å²) in [5, 5.41) is 14.7. The van der Waals surface area contributed by atoms with Gasteiger partial charge in [-0.1, -0.05) is 17.7 Å². The van der Waals surface area contributed by atoms with E-state index in [0.29, 0.717) is 30.2 Å². The van der Waals surface area contributed by atoms with Gasteiger partial charge in [-0.15, -0.1) is 0 Å². The molecular formula is C16H20ClN3O4. The Bertz CT molecular complexity index is 650. The summed E-state index contributed by atoms with van der Waals surface area (Å²) in [4.78, 5) is 36.4. The number of aliphatic carboxylic acids is 1. The maximum Gasteiger partial charge on any atom is 0.307 e. The van der Waals surface area contributed by atoms with Gasteiger partial charge >= 0.3 is 5.97 Å². The van der Waals surface area contributed by atoms with Gasteiger partial charge in [0.2, 0.25) is 11.8 Å². The number of hydrogen-bond acceptors (Lipinski definition) is 4. The zero-order chi connectivity index (χ0) is 17.7. The minimum Gasteiger partial charge on any atom is -0.481 e. The van der Waals surface area contributed by atoms with Crippen LogP contribution >= 0.6 is 11.6 Å². The highest BCUT2D eigenvalue weighted by Crippen LogP contribution is 2.22. The molecular weight excluding hydrogens is 334 g/mol. The second-order valence-corrected chi connectivity index (χ2v) is 6.20. The van der Waals surface area contributed by atoms with Gasteiger partial charge in [0.05, 0.1) is 19.0 Å². The molecule has 1 aromatic carbocycles. The number of nitrogens with zero attached hydrogens (tertiary/aromatic N) is 1. The van der Waals surface area contributed by atoms with Crippen LogP contribution in [0.4, 0.5) is 5.69 Å². The fourth-order valence-electron chi connectivity index (χ4n) is 2.55. The van der Waals surface area contributed by atoms with Crippen LogP contribution in [0.2, 0.25) is 5.02 Å². The SMILES string of the molecule is Cc1c(Cl)cccc1NC(=O)CNC(=O)CN1CCC(C(=O)O)C1. The number of halogens is 1. The average Bonchev–Trinajstić information content (AvgIpc) is 2.98. The van der Waals surface area contributed by atoms with Crippen LogP contribution in [0, 0.1) is 12.8 Å². The zero-order valence-electron chi connectivity index (χ0n) is 13.3. The van der Waals surface area contributed by atoms with Crippen molar-refractivity contribution >= 4 is 35.1 Å². The van der Waals surface area contributed by atoms with Gasteiger partial charge in [0.25, 0.3) is 0 Å². The van der Waals surface area contributed by atoms with Crippen molar-refractivity contribution in [2.24, 2.45) is 5.92 Å². The summed E-state index contributed by atoms with van der Waals surface area (Å²) in [6.07, 6.45) is 0.539. The summed E-state index contributed by atoms with van der Waals surface area (Å²) in [6, 6.07) is 5.20. The van der Waals surface area contributed by atoms with Crippen molar-refractivity contribution in [3.8, 4) is 0 Å². The van der Waals surface area contributed by atoms with E-state index in [9.17, 15) is 14.4 Å². The highest BCUT2D eigenvalue weighted by molar-refractivity contribution is 6.31.